The summed E-state index contributed by atoms with van der Waals surface area (Å²) in [5.74, 6) is -3.48. The molecule has 1 fully saturated rings. The summed E-state index contributed by atoms with van der Waals surface area (Å²) in [6, 6.07) is 4.32. The molecule has 75 heavy (non-hydrogen) atoms. The molecular formula is C50H79BN8O16. The van der Waals surface area contributed by atoms with Gasteiger partial charge in [0.1, 0.15) is 29.0 Å². The number of benzene rings is 1. The third kappa shape index (κ3) is 26.3. The van der Waals surface area contributed by atoms with E-state index in [9.17, 15) is 48.4 Å². The number of amides is 7. The van der Waals surface area contributed by atoms with Gasteiger partial charge in [0.2, 0.25) is 23.6 Å². The monoisotopic (exact) mass is 1060 g/mol. The lowest BCUT2D eigenvalue weighted by atomic mass is 9.78. The highest BCUT2D eigenvalue weighted by Crippen LogP contribution is 2.23. The zero-order valence-corrected chi connectivity index (χ0v) is 44.5. The molecule has 1 aliphatic rings. The molecule has 24 nitrogen and oxygen atoms in total. The van der Waals surface area contributed by atoms with Crippen molar-refractivity contribution in [3.8, 4) is 5.75 Å². The first kappa shape index (κ1) is 63.1. The fourth-order valence-corrected chi connectivity index (χ4v) is 7.50. The second-order valence-corrected chi connectivity index (χ2v) is 19.8. The summed E-state index contributed by atoms with van der Waals surface area (Å²) in [7, 11) is -1.65. The van der Waals surface area contributed by atoms with E-state index in [0.717, 1.165) is 0 Å². The molecule has 7 amide bonds. The van der Waals surface area contributed by atoms with Gasteiger partial charge in [0.05, 0.1) is 63.2 Å². The fraction of sp³-hybridized carbons (Fsp3) is 0.660. The van der Waals surface area contributed by atoms with Crippen LogP contribution in [-0.4, -0.2) is 183 Å². The molecule has 1 aromatic heterocycles. The van der Waals surface area contributed by atoms with Crippen molar-refractivity contribution >= 4 is 65.5 Å². The topological polar surface area (TPSA) is 321 Å². The minimum Gasteiger partial charge on any atom is -0.484 e. The van der Waals surface area contributed by atoms with Crippen molar-refractivity contribution in [1.29, 1.82) is 0 Å². The fourth-order valence-electron chi connectivity index (χ4n) is 7.50. The number of likely N-dealkylation sites (tertiary alicyclic amines) is 1. The number of rotatable bonds is 33. The Hall–Kier alpha value is -6.15. The number of fused-ring (bicyclic) bond motifs is 1. The molecule has 8 N–H and O–H groups in total. The lowest BCUT2D eigenvalue weighted by Gasteiger charge is -2.26. The molecule has 3 rings (SSSR count). The number of carbonyl (C=O) groups excluding carboxylic acids is 8. The summed E-state index contributed by atoms with van der Waals surface area (Å²) in [5, 5.41) is 35.8. The van der Waals surface area contributed by atoms with Crippen molar-refractivity contribution in [3.63, 3.8) is 0 Å². The molecule has 0 bridgehead atoms. The van der Waals surface area contributed by atoms with Crippen LogP contribution in [0.4, 0.5) is 4.79 Å². The van der Waals surface area contributed by atoms with E-state index in [-0.39, 0.29) is 96.6 Å². The van der Waals surface area contributed by atoms with Gasteiger partial charge in [0.15, 0.2) is 6.61 Å². The maximum Gasteiger partial charge on any atom is 0.475 e. The molecule has 1 aromatic carbocycles. The predicted molar refractivity (Wildman–Crippen MR) is 275 cm³/mol. The summed E-state index contributed by atoms with van der Waals surface area (Å²) in [4.78, 5) is 107. The SMILES string of the molecule is CC(=O)NCCCCC(NC(=O)C(CCCCNC(=O)OC(C)(C)C)NC(=O)CCOCCOCCOCCNC(=O)COc1ccc2c(C(=O)NCC(=O)N3CCCC3B(O)O)ccnc2c1)C(=O)OC(C)(C)C. The third-order valence-corrected chi connectivity index (χ3v) is 11.0. The maximum absolute atomic E-state index is 13.7. The standard InChI is InChI=1S/C50H79BN8O16/c1-34(60)52-20-10-9-14-39(47(66)74-49(2,3)4)58-46(65)38(13-8-11-21-55-48(67)75-50(5,6)7)57-42(61)19-25-70-27-29-72-30-28-71-26-23-54-43(62)33-73-35-16-17-36-37(18-22-53-40(36)31-35)45(64)56-32-44(63)59-24-12-15-41(59)51(68)69/h16-18,22,31,38-39,41,68-69H,8-15,19-21,23-30,32-33H2,1-7H3,(H,52,60)(H,54,62)(H,55,67)(H,56,64)(H,57,61)(H,58,65). The van der Waals surface area contributed by atoms with E-state index >= 15 is 0 Å². The molecule has 2 heterocycles. The van der Waals surface area contributed by atoms with Gasteiger partial charge in [0, 0.05) is 57.2 Å². The molecular weight excluding hydrogens is 979 g/mol. The minimum atomic E-state index is -1.65. The first-order chi connectivity index (χ1) is 35.5. The van der Waals surface area contributed by atoms with Gasteiger partial charge >= 0.3 is 19.2 Å². The van der Waals surface area contributed by atoms with E-state index in [1.54, 1.807) is 59.7 Å². The smallest absolute Gasteiger partial charge is 0.475 e. The van der Waals surface area contributed by atoms with Crippen molar-refractivity contribution in [2.75, 3.05) is 79.0 Å². The molecule has 3 unspecified atom stereocenters. The van der Waals surface area contributed by atoms with Crippen molar-refractivity contribution < 1.29 is 76.8 Å². The van der Waals surface area contributed by atoms with Crippen LogP contribution in [0.3, 0.4) is 0 Å². The van der Waals surface area contributed by atoms with Crippen molar-refractivity contribution in [3.05, 3.63) is 36.0 Å². The number of alkyl carbamates (subject to hydrolysis) is 1. The summed E-state index contributed by atoms with van der Waals surface area (Å²) in [5.41, 5.74) is -0.765. The van der Waals surface area contributed by atoms with Gasteiger partial charge in [-0.2, -0.15) is 0 Å². The number of carbonyl (C=O) groups is 8. The van der Waals surface area contributed by atoms with E-state index in [0.29, 0.717) is 68.3 Å². The Kier molecular flexibility index (Phi) is 27.8. The molecule has 2 aromatic rings. The van der Waals surface area contributed by atoms with Crippen LogP contribution in [0.1, 0.15) is 117 Å². The van der Waals surface area contributed by atoms with Crippen LogP contribution in [0.25, 0.3) is 10.9 Å². The number of nitrogens with zero attached hydrogens (tertiary/aromatic N) is 2. The molecule has 25 heteroatoms. The number of ether oxygens (including phenoxy) is 6. The number of aromatic nitrogens is 1. The van der Waals surface area contributed by atoms with Crippen LogP contribution in [0.15, 0.2) is 30.5 Å². The number of unbranched alkanes of at least 4 members (excludes halogenated alkanes) is 2. The average molecular weight is 1060 g/mol. The predicted octanol–water partition coefficient (Wildman–Crippen LogP) is 1.22. The second kappa shape index (κ2) is 33.0. The molecule has 0 spiro atoms. The summed E-state index contributed by atoms with van der Waals surface area (Å²) < 4.78 is 33.1. The van der Waals surface area contributed by atoms with Gasteiger partial charge in [-0.3, -0.25) is 33.8 Å². The Bertz CT molecular complexity index is 2170. The summed E-state index contributed by atoms with van der Waals surface area (Å²) in [6.45, 7) is 13.7. The molecule has 3 atom stereocenters. The van der Waals surface area contributed by atoms with Crippen molar-refractivity contribution in [1.82, 2.24) is 41.8 Å². The van der Waals surface area contributed by atoms with Gasteiger partial charge in [0.25, 0.3) is 11.8 Å². The van der Waals surface area contributed by atoms with Crippen LogP contribution in [0.2, 0.25) is 0 Å². The Morgan fingerprint density at radius 1 is 0.733 bits per heavy atom. The Labute approximate surface area is 439 Å². The number of pyridine rings is 1. The van der Waals surface area contributed by atoms with E-state index in [1.807, 2.05) is 0 Å². The van der Waals surface area contributed by atoms with Gasteiger partial charge in [-0.1, -0.05) is 0 Å². The van der Waals surface area contributed by atoms with Crippen LogP contribution >= 0.6 is 0 Å². The van der Waals surface area contributed by atoms with Crippen LogP contribution in [0, 0.1) is 0 Å². The second-order valence-electron chi connectivity index (χ2n) is 19.8. The Morgan fingerprint density at radius 2 is 1.37 bits per heavy atom. The summed E-state index contributed by atoms with van der Waals surface area (Å²) in [6.07, 6.45) is 4.37. The molecule has 0 aliphatic carbocycles. The molecule has 0 saturated carbocycles. The van der Waals surface area contributed by atoms with E-state index in [4.69, 9.17) is 28.4 Å². The van der Waals surface area contributed by atoms with E-state index in [1.165, 1.54) is 24.1 Å². The third-order valence-electron chi connectivity index (χ3n) is 11.0. The number of esters is 1. The van der Waals surface area contributed by atoms with Crippen LogP contribution in [0.5, 0.6) is 5.75 Å². The van der Waals surface area contributed by atoms with Gasteiger partial charge in [-0.25, -0.2) is 9.59 Å². The zero-order valence-electron chi connectivity index (χ0n) is 44.5. The lowest BCUT2D eigenvalue weighted by Crippen LogP contribution is -2.52. The highest BCUT2D eigenvalue weighted by atomic mass is 16.6. The van der Waals surface area contributed by atoms with E-state index in [2.05, 4.69) is 36.9 Å². The molecule has 0 radical (unpaired) electrons. The van der Waals surface area contributed by atoms with Crippen LogP contribution in [-0.2, 0) is 52.5 Å². The van der Waals surface area contributed by atoms with Crippen LogP contribution < -0.4 is 36.6 Å². The molecule has 418 valence electrons. The normalized spacial score (nSPS) is 14.3. The van der Waals surface area contributed by atoms with E-state index < -0.39 is 77.9 Å². The minimum absolute atomic E-state index is 0.0424. The average Bonchev–Trinajstić information content (AvgIpc) is 3.84. The summed E-state index contributed by atoms with van der Waals surface area (Å²) >= 11 is 0. The zero-order chi connectivity index (χ0) is 55.4. The lowest BCUT2D eigenvalue weighted by molar-refractivity contribution is -0.159. The maximum atomic E-state index is 13.7. The van der Waals surface area contributed by atoms with Gasteiger partial charge in [-0.05, 0) is 111 Å². The van der Waals surface area contributed by atoms with Gasteiger partial charge in [-0.15, -0.1) is 0 Å². The Morgan fingerprint density at radius 3 is 2.03 bits per heavy atom. The van der Waals surface area contributed by atoms with Gasteiger partial charge < -0.3 is 75.3 Å². The first-order valence-electron chi connectivity index (χ1n) is 25.5. The number of hydrogen-bond acceptors (Lipinski definition) is 17. The largest absolute Gasteiger partial charge is 0.484 e. The highest BCUT2D eigenvalue weighted by Gasteiger charge is 2.37. The van der Waals surface area contributed by atoms with Crippen molar-refractivity contribution in [2.45, 2.75) is 135 Å². The molecule has 1 aliphatic heterocycles. The highest BCUT2D eigenvalue weighted by molar-refractivity contribution is 6.43. The quantitative estimate of drug-likeness (QED) is 0.0283. The number of hydrogen-bond donors (Lipinski definition) is 8. The first-order valence-corrected chi connectivity index (χ1v) is 25.5. The Balaban J connectivity index is 1.33. The molecule has 1 saturated heterocycles. The van der Waals surface area contributed by atoms with Crippen molar-refractivity contribution in [2.24, 2.45) is 0 Å². The number of nitrogens with one attached hydrogen (secondary N) is 6.